The lowest BCUT2D eigenvalue weighted by molar-refractivity contribution is -0.274. The molecule has 3 aromatic rings. The van der Waals surface area contributed by atoms with Crippen LogP contribution in [0.2, 0.25) is 0 Å². The molecule has 1 unspecified atom stereocenters. The van der Waals surface area contributed by atoms with Crippen LogP contribution in [0.5, 0.6) is 5.75 Å². The van der Waals surface area contributed by atoms with Crippen molar-refractivity contribution in [2.45, 2.75) is 32.7 Å². The maximum Gasteiger partial charge on any atom is 0.573 e. The van der Waals surface area contributed by atoms with Gasteiger partial charge in [0.1, 0.15) is 11.6 Å². The minimum Gasteiger partial charge on any atom is -0.406 e. The van der Waals surface area contributed by atoms with Gasteiger partial charge in [0.2, 0.25) is 0 Å². The van der Waals surface area contributed by atoms with E-state index < -0.39 is 6.36 Å². The topological polar surface area (TPSA) is 66.2 Å². The van der Waals surface area contributed by atoms with E-state index >= 15 is 0 Å². The maximum absolute atomic E-state index is 12.4. The lowest BCUT2D eigenvalue weighted by Crippen LogP contribution is -2.28. The van der Waals surface area contributed by atoms with Gasteiger partial charge in [-0.2, -0.15) is 0 Å². The monoisotopic (exact) mass is 433 g/mol. The number of hydrogen-bond donors (Lipinski definition) is 3. The molecule has 0 radical (unpaired) electrons. The quantitative estimate of drug-likeness (QED) is 0.419. The van der Waals surface area contributed by atoms with E-state index in [1.165, 1.54) is 12.1 Å². The van der Waals surface area contributed by atoms with Crippen molar-refractivity contribution in [3.63, 3.8) is 0 Å². The Labute approximate surface area is 178 Å². The van der Waals surface area contributed by atoms with Crippen molar-refractivity contribution in [3.8, 4) is 5.75 Å². The molecule has 3 rings (SSSR count). The van der Waals surface area contributed by atoms with Crippen LogP contribution in [0.15, 0.2) is 59.4 Å². The largest absolute Gasteiger partial charge is 0.573 e. The summed E-state index contributed by atoms with van der Waals surface area (Å²) >= 11 is 0. The molecule has 0 aliphatic heterocycles. The van der Waals surface area contributed by atoms with Gasteiger partial charge in [-0.15, -0.1) is 13.2 Å². The minimum absolute atomic E-state index is 0.0389. The minimum atomic E-state index is -4.70. The summed E-state index contributed by atoms with van der Waals surface area (Å²) in [5.74, 6) is 0.732. The first kappa shape index (κ1) is 22.7. The number of pyridine rings is 1. The van der Waals surface area contributed by atoms with Crippen LogP contribution >= 0.6 is 0 Å². The molecule has 5 nitrogen and oxygen atoms in total. The number of hydrogen-bond acceptors (Lipinski definition) is 4. The van der Waals surface area contributed by atoms with Gasteiger partial charge in [-0.05, 0) is 48.7 Å². The number of anilines is 1. The van der Waals surface area contributed by atoms with E-state index in [-0.39, 0.29) is 17.1 Å². The smallest absolute Gasteiger partial charge is 0.406 e. The Bertz CT molecular complexity index is 1050. The normalized spacial score (nSPS) is 12.6. The summed E-state index contributed by atoms with van der Waals surface area (Å²) in [6.07, 6.45) is -2.74. The Morgan fingerprint density at radius 3 is 2.65 bits per heavy atom. The average molecular weight is 433 g/mol. The summed E-state index contributed by atoms with van der Waals surface area (Å²) in [4.78, 5) is 15.5. The van der Waals surface area contributed by atoms with Crippen LogP contribution in [-0.4, -0.2) is 24.4 Å². The van der Waals surface area contributed by atoms with Gasteiger partial charge in [0.15, 0.2) is 5.43 Å². The van der Waals surface area contributed by atoms with Crippen molar-refractivity contribution < 1.29 is 17.9 Å². The molecule has 2 aromatic carbocycles. The third-order valence-corrected chi connectivity index (χ3v) is 4.91. The number of rotatable bonds is 10. The van der Waals surface area contributed by atoms with Crippen molar-refractivity contribution in [1.29, 1.82) is 0 Å². The fourth-order valence-corrected chi connectivity index (χ4v) is 3.50. The highest BCUT2D eigenvalue weighted by molar-refractivity contribution is 5.79. The molecule has 0 saturated carbocycles. The van der Waals surface area contributed by atoms with Crippen molar-refractivity contribution >= 4 is 16.7 Å². The van der Waals surface area contributed by atoms with Crippen molar-refractivity contribution in [2.75, 3.05) is 18.4 Å². The first-order chi connectivity index (χ1) is 14.8. The zero-order valence-corrected chi connectivity index (χ0v) is 17.3. The zero-order valence-electron chi connectivity index (χ0n) is 17.3. The molecule has 0 spiro atoms. The summed E-state index contributed by atoms with van der Waals surface area (Å²) in [7, 11) is 0. The number of fused-ring (bicyclic) bond motifs is 1. The van der Waals surface area contributed by atoms with E-state index in [0.717, 1.165) is 18.4 Å². The summed E-state index contributed by atoms with van der Waals surface area (Å²) in [6.45, 7) is 3.88. The van der Waals surface area contributed by atoms with E-state index in [1.54, 1.807) is 24.3 Å². The third-order valence-electron chi connectivity index (χ3n) is 4.91. The number of benzene rings is 2. The molecule has 0 bridgehead atoms. The molecule has 0 aliphatic carbocycles. The molecule has 1 heterocycles. The Morgan fingerprint density at radius 1 is 1.06 bits per heavy atom. The second kappa shape index (κ2) is 10.3. The fourth-order valence-electron chi connectivity index (χ4n) is 3.50. The third kappa shape index (κ3) is 7.03. The van der Waals surface area contributed by atoms with Crippen LogP contribution in [0.1, 0.15) is 25.3 Å². The highest BCUT2D eigenvalue weighted by Crippen LogP contribution is 2.23. The van der Waals surface area contributed by atoms with Crippen LogP contribution in [-0.2, 0) is 6.54 Å². The van der Waals surface area contributed by atoms with E-state index in [9.17, 15) is 18.0 Å². The van der Waals surface area contributed by atoms with Crippen molar-refractivity contribution in [3.05, 3.63) is 70.4 Å². The number of aromatic amines is 1. The first-order valence-electron chi connectivity index (χ1n) is 10.3. The molecule has 0 saturated heterocycles. The Hall–Kier alpha value is -3.00. The van der Waals surface area contributed by atoms with Gasteiger partial charge in [-0.25, -0.2) is 0 Å². The Kier molecular flexibility index (Phi) is 7.57. The number of para-hydroxylation sites is 1. The van der Waals surface area contributed by atoms with Gasteiger partial charge in [0.05, 0.1) is 5.52 Å². The van der Waals surface area contributed by atoms with Crippen molar-refractivity contribution in [2.24, 2.45) is 5.92 Å². The van der Waals surface area contributed by atoms with Gasteiger partial charge in [0, 0.05) is 24.5 Å². The molecule has 8 heteroatoms. The predicted octanol–water partition coefficient (Wildman–Crippen LogP) is 5.04. The molecule has 3 N–H and O–H groups in total. The van der Waals surface area contributed by atoms with Crippen LogP contribution in [0.25, 0.3) is 10.9 Å². The van der Waals surface area contributed by atoms with Crippen LogP contribution in [0.3, 0.4) is 0 Å². The fraction of sp³-hybridized carbons (Fsp3) is 0.348. The number of alkyl halides is 3. The molecule has 0 aliphatic rings. The number of aromatic nitrogens is 1. The molecular weight excluding hydrogens is 407 g/mol. The molecule has 1 aromatic heterocycles. The molecular formula is C23H26F3N3O2. The maximum atomic E-state index is 12.4. The summed E-state index contributed by atoms with van der Waals surface area (Å²) in [6, 6.07) is 14.9. The molecule has 166 valence electrons. The van der Waals surface area contributed by atoms with Gasteiger partial charge in [-0.1, -0.05) is 37.6 Å². The highest BCUT2D eigenvalue weighted by atomic mass is 19.4. The lowest BCUT2D eigenvalue weighted by Gasteiger charge is -2.19. The van der Waals surface area contributed by atoms with Crippen LogP contribution < -0.4 is 20.8 Å². The highest BCUT2D eigenvalue weighted by Gasteiger charge is 2.31. The average Bonchev–Trinajstić information content (AvgIpc) is 2.71. The SMILES string of the molecule is CCCC(CNCc1cccc(OC(F)(F)F)c1)CNc1cc(=O)c2ccccc2[nH]1. The van der Waals surface area contributed by atoms with E-state index in [1.807, 2.05) is 18.2 Å². The van der Waals surface area contributed by atoms with Crippen LogP contribution in [0, 0.1) is 5.92 Å². The second-order valence-corrected chi connectivity index (χ2v) is 7.45. The molecule has 0 fully saturated rings. The zero-order chi connectivity index (χ0) is 22.3. The second-order valence-electron chi connectivity index (χ2n) is 7.45. The lowest BCUT2D eigenvalue weighted by atomic mass is 10.0. The van der Waals surface area contributed by atoms with Crippen molar-refractivity contribution in [1.82, 2.24) is 10.3 Å². The van der Waals surface area contributed by atoms with Gasteiger partial charge < -0.3 is 20.4 Å². The summed E-state index contributed by atoms with van der Waals surface area (Å²) < 4.78 is 41.1. The predicted molar refractivity (Wildman–Crippen MR) is 116 cm³/mol. The van der Waals surface area contributed by atoms with E-state index in [4.69, 9.17) is 0 Å². The molecule has 1 atom stereocenters. The standard InChI is InChI=1S/C23H26F3N3O2/c1-2-6-17(14-27-13-16-7-5-8-18(11-16)31-23(24,25)26)15-28-22-12-21(30)19-9-3-4-10-20(19)29-22/h3-5,7-12,17,27H,2,6,13-15H2,1H3,(H2,28,29,30). The number of halogens is 3. The molecule has 31 heavy (non-hydrogen) atoms. The van der Waals surface area contributed by atoms with E-state index in [0.29, 0.717) is 36.4 Å². The molecule has 0 amide bonds. The summed E-state index contributed by atoms with van der Waals surface area (Å²) in [5, 5.41) is 7.26. The Balaban J connectivity index is 1.55. The Morgan fingerprint density at radius 2 is 1.87 bits per heavy atom. The van der Waals surface area contributed by atoms with Gasteiger partial charge in [-0.3, -0.25) is 4.79 Å². The number of ether oxygens (including phenoxy) is 1. The van der Waals surface area contributed by atoms with Crippen LogP contribution in [0.4, 0.5) is 19.0 Å². The number of H-pyrrole nitrogens is 1. The van der Waals surface area contributed by atoms with Gasteiger partial charge in [0.25, 0.3) is 0 Å². The summed E-state index contributed by atoms with van der Waals surface area (Å²) in [5.41, 5.74) is 1.45. The number of nitrogens with one attached hydrogen (secondary N) is 3. The van der Waals surface area contributed by atoms with E-state index in [2.05, 4.69) is 27.3 Å². The first-order valence-corrected chi connectivity index (χ1v) is 10.3. The van der Waals surface area contributed by atoms with Gasteiger partial charge >= 0.3 is 6.36 Å².